The fraction of sp³-hybridized carbons (Fsp3) is 0.190. The Balaban J connectivity index is 1.73. The Hall–Kier alpha value is -2.56. The maximum absolute atomic E-state index is 6.24. The van der Waals surface area contributed by atoms with Crippen LogP contribution in [0.3, 0.4) is 0 Å². The molecule has 0 aliphatic rings. The van der Waals surface area contributed by atoms with Crippen LogP contribution in [0.2, 0.25) is 5.02 Å². The van der Waals surface area contributed by atoms with Gasteiger partial charge in [-0.2, -0.15) is 0 Å². The van der Waals surface area contributed by atoms with Gasteiger partial charge in [-0.1, -0.05) is 48.0 Å². The number of nitrogens with zero attached hydrogens (tertiary/aromatic N) is 1. The van der Waals surface area contributed by atoms with E-state index in [1.54, 1.807) is 19.4 Å². The zero-order chi connectivity index (χ0) is 18.2. The SMILES string of the molecule is COc1cc(Cl)cc(CNCc2cccnc2)c1OCc1ccccc1. The molecule has 1 heterocycles. The smallest absolute Gasteiger partial charge is 0.166 e. The summed E-state index contributed by atoms with van der Waals surface area (Å²) >= 11 is 6.24. The molecule has 3 aromatic rings. The predicted molar refractivity (Wildman–Crippen MR) is 104 cm³/mol. The minimum Gasteiger partial charge on any atom is -0.493 e. The van der Waals surface area contributed by atoms with Crippen LogP contribution in [0.15, 0.2) is 67.0 Å². The van der Waals surface area contributed by atoms with Crippen LogP contribution in [0.5, 0.6) is 11.5 Å². The first kappa shape index (κ1) is 18.2. The lowest BCUT2D eigenvalue weighted by atomic mass is 10.1. The average Bonchev–Trinajstić information content (AvgIpc) is 2.68. The van der Waals surface area contributed by atoms with E-state index in [2.05, 4.69) is 10.3 Å². The van der Waals surface area contributed by atoms with E-state index >= 15 is 0 Å². The highest BCUT2D eigenvalue weighted by Crippen LogP contribution is 2.35. The van der Waals surface area contributed by atoms with Crippen LogP contribution in [0.4, 0.5) is 0 Å². The topological polar surface area (TPSA) is 43.4 Å². The van der Waals surface area contributed by atoms with E-state index in [1.807, 2.05) is 54.7 Å². The molecule has 134 valence electrons. The summed E-state index contributed by atoms with van der Waals surface area (Å²) in [4.78, 5) is 4.13. The molecule has 4 nitrogen and oxygen atoms in total. The molecule has 26 heavy (non-hydrogen) atoms. The van der Waals surface area contributed by atoms with Crippen molar-refractivity contribution in [2.45, 2.75) is 19.7 Å². The summed E-state index contributed by atoms with van der Waals surface area (Å²) in [7, 11) is 1.62. The number of pyridine rings is 1. The van der Waals surface area contributed by atoms with Crippen LogP contribution < -0.4 is 14.8 Å². The van der Waals surface area contributed by atoms with Gasteiger partial charge in [0, 0.05) is 42.1 Å². The molecule has 0 amide bonds. The van der Waals surface area contributed by atoms with Crippen molar-refractivity contribution in [2.24, 2.45) is 0 Å². The molecule has 0 radical (unpaired) electrons. The summed E-state index contributed by atoms with van der Waals surface area (Å²) in [6.07, 6.45) is 3.61. The first-order valence-electron chi connectivity index (χ1n) is 8.39. The summed E-state index contributed by atoms with van der Waals surface area (Å²) < 4.78 is 11.5. The lowest BCUT2D eigenvalue weighted by Crippen LogP contribution is -2.14. The molecule has 0 atom stereocenters. The fourth-order valence-electron chi connectivity index (χ4n) is 2.64. The van der Waals surface area contributed by atoms with Gasteiger partial charge in [0.05, 0.1) is 7.11 Å². The van der Waals surface area contributed by atoms with Crippen molar-refractivity contribution >= 4 is 11.6 Å². The van der Waals surface area contributed by atoms with Gasteiger partial charge in [-0.05, 0) is 23.3 Å². The second-order valence-electron chi connectivity index (χ2n) is 5.84. The standard InChI is InChI=1S/C21H21ClN2O2/c1-25-20-11-19(22)10-18(14-24-13-17-8-5-9-23-12-17)21(20)26-15-16-6-3-2-4-7-16/h2-12,24H,13-15H2,1H3. The number of hydrogen-bond acceptors (Lipinski definition) is 4. The normalized spacial score (nSPS) is 10.5. The number of hydrogen-bond donors (Lipinski definition) is 1. The van der Waals surface area contributed by atoms with Crippen LogP contribution in [-0.2, 0) is 19.7 Å². The van der Waals surface area contributed by atoms with Crippen LogP contribution in [-0.4, -0.2) is 12.1 Å². The zero-order valence-corrected chi connectivity index (χ0v) is 15.4. The number of halogens is 1. The Kier molecular flexibility index (Phi) is 6.47. The molecule has 3 rings (SSSR count). The first-order chi connectivity index (χ1) is 12.8. The number of aromatic nitrogens is 1. The van der Waals surface area contributed by atoms with Crippen molar-refractivity contribution in [3.05, 3.63) is 88.7 Å². The number of methoxy groups -OCH3 is 1. The number of ether oxygens (including phenoxy) is 2. The third-order valence-corrected chi connectivity index (χ3v) is 4.13. The minimum atomic E-state index is 0.467. The molecular weight excluding hydrogens is 348 g/mol. The van der Waals surface area contributed by atoms with Crippen molar-refractivity contribution in [2.75, 3.05) is 7.11 Å². The van der Waals surface area contributed by atoms with Gasteiger partial charge in [0.15, 0.2) is 11.5 Å². The Morgan fingerprint density at radius 1 is 1.00 bits per heavy atom. The highest BCUT2D eigenvalue weighted by Gasteiger charge is 2.13. The third-order valence-electron chi connectivity index (χ3n) is 3.91. The van der Waals surface area contributed by atoms with Crippen LogP contribution in [0.1, 0.15) is 16.7 Å². The van der Waals surface area contributed by atoms with Crippen molar-refractivity contribution in [3.63, 3.8) is 0 Å². The van der Waals surface area contributed by atoms with Crippen LogP contribution in [0.25, 0.3) is 0 Å². The van der Waals surface area contributed by atoms with E-state index in [1.165, 1.54) is 0 Å². The maximum atomic E-state index is 6.24. The molecular formula is C21H21ClN2O2. The summed E-state index contributed by atoms with van der Waals surface area (Å²) in [5.74, 6) is 1.34. The van der Waals surface area contributed by atoms with E-state index in [0.29, 0.717) is 36.2 Å². The second kappa shape index (κ2) is 9.22. The average molecular weight is 369 g/mol. The number of rotatable bonds is 8. The Bertz CT molecular complexity index is 826. The molecule has 5 heteroatoms. The zero-order valence-electron chi connectivity index (χ0n) is 14.6. The molecule has 0 saturated heterocycles. The van der Waals surface area contributed by atoms with Crippen LogP contribution >= 0.6 is 11.6 Å². The Morgan fingerprint density at radius 2 is 1.81 bits per heavy atom. The van der Waals surface area contributed by atoms with Gasteiger partial charge < -0.3 is 14.8 Å². The second-order valence-corrected chi connectivity index (χ2v) is 6.27. The van der Waals surface area contributed by atoms with E-state index < -0.39 is 0 Å². The predicted octanol–water partition coefficient (Wildman–Crippen LogP) is 4.61. The van der Waals surface area contributed by atoms with Gasteiger partial charge in [-0.25, -0.2) is 0 Å². The van der Waals surface area contributed by atoms with E-state index in [-0.39, 0.29) is 0 Å². The van der Waals surface area contributed by atoms with Crippen LogP contribution in [0, 0.1) is 0 Å². The molecule has 0 unspecified atom stereocenters. The third kappa shape index (κ3) is 4.97. The molecule has 0 aliphatic carbocycles. The highest BCUT2D eigenvalue weighted by molar-refractivity contribution is 6.30. The Labute approximate surface area is 158 Å². The lowest BCUT2D eigenvalue weighted by Gasteiger charge is -2.16. The van der Waals surface area contributed by atoms with Gasteiger partial charge in [0.2, 0.25) is 0 Å². The van der Waals surface area contributed by atoms with Gasteiger partial charge in [0.25, 0.3) is 0 Å². The van der Waals surface area contributed by atoms with Gasteiger partial charge in [0.1, 0.15) is 6.61 Å². The molecule has 0 spiro atoms. The van der Waals surface area contributed by atoms with Crippen molar-refractivity contribution in [1.82, 2.24) is 10.3 Å². The largest absolute Gasteiger partial charge is 0.493 e. The first-order valence-corrected chi connectivity index (χ1v) is 8.77. The van der Waals surface area contributed by atoms with Gasteiger partial charge in [-0.15, -0.1) is 0 Å². The summed E-state index contributed by atoms with van der Waals surface area (Å²) in [6.45, 7) is 1.78. The fourth-order valence-corrected chi connectivity index (χ4v) is 2.87. The highest BCUT2D eigenvalue weighted by atomic mass is 35.5. The van der Waals surface area contributed by atoms with Crippen molar-refractivity contribution in [3.8, 4) is 11.5 Å². The van der Waals surface area contributed by atoms with Gasteiger partial charge >= 0.3 is 0 Å². The van der Waals surface area contributed by atoms with Crippen molar-refractivity contribution in [1.29, 1.82) is 0 Å². The molecule has 1 N–H and O–H groups in total. The monoisotopic (exact) mass is 368 g/mol. The molecule has 0 bridgehead atoms. The quantitative estimate of drug-likeness (QED) is 0.630. The van der Waals surface area contributed by atoms with E-state index in [9.17, 15) is 0 Å². The number of benzene rings is 2. The van der Waals surface area contributed by atoms with E-state index in [4.69, 9.17) is 21.1 Å². The summed E-state index contributed by atoms with van der Waals surface area (Å²) in [5.41, 5.74) is 3.17. The van der Waals surface area contributed by atoms with Crippen molar-refractivity contribution < 1.29 is 9.47 Å². The minimum absolute atomic E-state index is 0.467. The molecule has 0 saturated carbocycles. The maximum Gasteiger partial charge on any atom is 0.166 e. The Morgan fingerprint density at radius 3 is 2.54 bits per heavy atom. The van der Waals surface area contributed by atoms with E-state index in [0.717, 1.165) is 16.7 Å². The summed E-state index contributed by atoms with van der Waals surface area (Å²) in [5, 5.41) is 4.02. The summed E-state index contributed by atoms with van der Waals surface area (Å²) in [6, 6.07) is 17.7. The lowest BCUT2D eigenvalue weighted by molar-refractivity contribution is 0.280. The molecule has 0 fully saturated rings. The van der Waals surface area contributed by atoms with Gasteiger partial charge in [-0.3, -0.25) is 4.98 Å². The molecule has 0 aliphatic heterocycles. The number of nitrogens with one attached hydrogen (secondary N) is 1. The molecule has 2 aromatic carbocycles. The molecule has 1 aromatic heterocycles.